The summed E-state index contributed by atoms with van der Waals surface area (Å²) in [5.41, 5.74) is 0. The van der Waals surface area contributed by atoms with E-state index in [1.807, 2.05) is 0 Å². The van der Waals surface area contributed by atoms with Crippen LogP contribution >= 0.6 is 0 Å². The maximum absolute atomic E-state index is 0. The van der Waals surface area contributed by atoms with Crippen LogP contribution in [0.2, 0.25) is 0 Å². The van der Waals surface area contributed by atoms with E-state index >= 15 is 0 Å². The van der Waals surface area contributed by atoms with Crippen molar-refractivity contribution in [3.8, 4) is 0 Å². The second kappa shape index (κ2) is 25.0. The maximum Gasteiger partial charge on any atom is 2.00 e. The summed E-state index contributed by atoms with van der Waals surface area (Å²) in [4.78, 5) is 0. The van der Waals surface area contributed by atoms with Crippen molar-refractivity contribution in [3.05, 3.63) is 0 Å². The molecule has 0 saturated carbocycles. The fourth-order valence-electron chi connectivity index (χ4n) is 0. The second-order valence-corrected chi connectivity index (χ2v) is 0. The number of hydrogen-bond donors (Lipinski definition) is 0. The van der Waals surface area contributed by atoms with Gasteiger partial charge in [0.15, 0.2) is 0 Å². The van der Waals surface area contributed by atoms with E-state index in [2.05, 4.69) is 0 Å². The topological polar surface area (TPSA) is 0 Å². The third-order valence-electron chi connectivity index (χ3n) is 0. The van der Waals surface area contributed by atoms with Gasteiger partial charge in [-0.05, 0) is 0 Å². The van der Waals surface area contributed by atoms with Crippen LogP contribution in [0.1, 0.15) is 5.71 Å². The van der Waals surface area contributed by atoms with Crippen molar-refractivity contribution in [2.24, 2.45) is 0 Å². The molecule has 5 heavy (non-hydrogen) atoms. The Morgan fingerprint density at radius 2 is 1.20 bits per heavy atom. The van der Waals surface area contributed by atoms with Crippen LogP contribution in [0, 0.1) is 0 Å². The minimum atomic E-state index is 0. The standard InChI is InChI=1S/Cu.Fe.Mg.Mn.Sr.4H/q;;+2;;+2;4*-1. The number of rotatable bonds is 0. The van der Waals surface area contributed by atoms with Gasteiger partial charge in [0.1, 0.15) is 0 Å². The zero-order chi connectivity index (χ0) is 0. The van der Waals surface area contributed by atoms with E-state index in [1.165, 1.54) is 0 Å². The first-order valence-electron chi connectivity index (χ1n) is 0. The van der Waals surface area contributed by atoms with Gasteiger partial charge in [-0.15, -0.1) is 0 Å². The summed E-state index contributed by atoms with van der Waals surface area (Å²) in [6.07, 6.45) is 0. The van der Waals surface area contributed by atoms with Gasteiger partial charge in [0.25, 0.3) is 0 Å². The Balaban J connectivity index is 0. The van der Waals surface area contributed by atoms with Crippen molar-refractivity contribution in [2.45, 2.75) is 0 Å². The van der Waals surface area contributed by atoms with Crippen molar-refractivity contribution in [2.75, 3.05) is 0 Å². The van der Waals surface area contributed by atoms with Crippen LogP contribution in [-0.4, -0.2) is 68.5 Å². The zero-order valence-corrected chi connectivity index (χ0v) is 10.6. The molecule has 0 bridgehead atoms. The Morgan fingerprint density at radius 1 is 1.20 bits per heavy atom. The molecule has 0 aromatic carbocycles. The Morgan fingerprint density at radius 3 is 1.20 bits per heavy atom. The SMILES string of the molecule is [Cu].[Fe].[H-].[H-].[H-].[H-].[Mg+2].[Mn].[Sr+2]. The van der Waals surface area contributed by atoms with Gasteiger partial charge in [0.05, 0.1) is 0 Å². The molecule has 0 aromatic heterocycles. The van der Waals surface area contributed by atoms with E-state index in [9.17, 15) is 0 Å². The molecule has 5 heteroatoms. The van der Waals surface area contributed by atoms with Crippen LogP contribution in [0.15, 0.2) is 0 Å². The van der Waals surface area contributed by atoms with Crippen LogP contribution in [0.25, 0.3) is 0 Å². The first-order valence-corrected chi connectivity index (χ1v) is 0. The van der Waals surface area contributed by atoms with E-state index in [0.717, 1.165) is 0 Å². The van der Waals surface area contributed by atoms with Gasteiger partial charge in [0, 0.05) is 51.2 Å². The van der Waals surface area contributed by atoms with E-state index in [1.54, 1.807) is 0 Å². The molecule has 0 atom stereocenters. The van der Waals surface area contributed by atoms with Gasteiger partial charge < -0.3 is 5.71 Å². The molecule has 0 spiro atoms. The van der Waals surface area contributed by atoms with Crippen LogP contribution < -0.4 is 0 Å². The third-order valence-corrected chi connectivity index (χ3v) is 0. The molecule has 0 N–H and O–H groups in total. The monoisotopic (exact) mass is 290 g/mol. The molecule has 0 aliphatic heterocycles. The van der Waals surface area contributed by atoms with Gasteiger partial charge in [-0.25, -0.2) is 0 Å². The summed E-state index contributed by atoms with van der Waals surface area (Å²) in [6, 6.07) is 0. The summed E-state index contributed by atoms with van der Waals surface area (Å²) in [7, 11) is 0. The Labute approximate surface area is 123 Å². The maximum atomic E-state index is 0. The van der Waals surface area contributed by atoms with Crippen LogP contribution in [0.5, 0.6) is 0 Å². The first-order chi connectivity index (χ1) is 0. The smallest absolute Gasteiger partial charge is 1.00 e. The Bertz CT molecular complexity index is 20.5. The number of hydrogen-bond acceptors (Lipinski definition) is 0. The largest absolute Gasteiger partial charge is 2.00 e. The molecule has 0 saturated heterocycles. The van der Waals surface area contributed by atoms with Gasteiger partial charge in [0.2, 0.25) is 0 Å². The van der Waals surface area contributed by atoms with Crippen LogP contribution in [0.4, 0.5) is 0 Å². The van der Waals surface area contributed by atoms with Gasteiger partial charge in [-0.3, -0.25) is 0 Å². The second-order valence-electron chi connectivity index (χ2n) is 0. The van der Waals surface area contributed by atoms with E-state index in [-0.39, 0.29) is 125 Å². The molecular formula is H4CuFeMgMnSr. The van der Waals surface area contributed by atoms with Gasteiger partial charge in [-0.1, -0.05) is 0 Å². The first kappa shape index (κ1) is 37.0. The molecule has 0 amide bonds. The normalized spacial score (nSPS) is 0. The average Bonchev–Trinajstić information content (AvgIpc) is 0. The van der Waals surface area contributed by atoms with E-state index in [0.29, 0.717) is 0 Å². The van der Waals surface area contributed by atoms with Crippen molar-refractivity contribution in [1.82, 2.24) is 0 Å². The van der Waals surface area contributed by atoms with E-state index < -0.39 is 0 Å². The third kappa shape index (κ3) is 18.2. The molecule has 0 fully saturated rings. The van der Waals surface area contributed by atoms with Crippen molar-refractivity contribution >= 4 is 68.5 Å². The molecule has 0 nitrogen and oxygen atoms in total. The molecule has 0 heterocycles. The Kier molecular flexibility index (Phi) is 185. The van der Waals surface area contributed by atoms with Gasteiger partial charge in [-0.2, -0.15) is 0 Å². The predicted molar refractivity (Wildman–Crippen MR) is 16.0 cm³/mol. The molecule has 0 unspecified atom stereocenters. The molecule has 0 aliphatic rings. The van der Waals surface area contributed by atoms with E-state index in [4.69, 9.17) is 0 Å². The fraction of sp³-hybridized carbons (Fsp3) is 0. The summed E-state index contributed by atoms with van der Waals surface area (Å²) in [6.45, 7) is 0. The summed E-state index contributed by atoms with van der Waals surface area (Å²) >= 11 is 0. The zero-order valence-electron chi connectivity index (χ0n) is 6.45. The van der Waals surface area contributed by atoms with Crippen LogP contribution in [0.3, 0.4) is 0 Å². The quantitative estimate of drug-likeness (QED) is 0.537. The van der Waals surface area contributed by atoms with Crippen LogP contribution in [-0.2, 0) is 51.2 Å². The summed E-state index contributed by atoms with van der Waals surface area (Å²) < 4.78 is 0. The molecule has 34 valence electrons. The molecule has 0 aliphatic carbocycles. The molecule has 0 rings (SSSR count). The molecular weight excluding hydrogens is 286 g/mol. The summed E-state index contributed by atoms with van der Waals surface area (Å²) in [5.74, 6) is 0. The Hall–Kier alpha value is 3.81. The molecule has 2 radical (unpaired) electrons. The van der Waals surface area contributed by atoms with Crippen molar-refractivity contribution in [1.29, 1.82) is 0 Å². The van der Waals surface area contributed by atoms with Gasteiger partial charge >= 0.3 is 68.5 Å². The predicted octanol–water partition coefficient (Wildman–Crippen LogP) is -0.319. The fourth-order valence-corrected chi connectivity index (χ4v) is 0. The van der Waals surface area contributed by atoms with Crippen molar-refractivity contribution < 1.29 is 56.9 Å². The minimum Gasteiger partial charge on any atom is -1.00 e. The minimum absolute atomic E-state index is 0. The molecule has 0 aromatic rings. The summed E-state index contributed by atoms with van der Waals surface area (Å²) in [5, 5.41) is 0. The average molecular weight is 290 g/mol. The van der Waals surface area contributed by atoms with Crippen molar-refractivity contribution in [3.63, 3.8) is 0 Å².